The average molecular weight is 279 g/mol. The lowest BCUT2D eigenvalue weighted by atomic mass is 10.1. The molecule has 0 spiro atoms. The number of hydrogen-bond donors (Lipinski definition) is 0. The molecule has 0 radical (unpaired) electrons. The summed E-state index contributed by atoms with van der Waals surface area (Å²) in [4.78, 5) is 11.9. The number of rotatable bonds is 4. The van der Waals surface area contributed by atoms with Gasteiger partial charge in [0.25, 0.3) is 0 Å². The van der Waals surface area contributed by atoms with Gasteiger partial charge in [0.05, 0.1) is 22.8 Å². The summed E-state index contributed by atoms with van der Waals surface area (Å²) >= 11 is 0. The molecule has 1 aliphatic rings. The van der Waals surface area contributed by atoms with E-state index in [1.54, 1.807) is 25.1 Å². The minimum absolute atomic E-state index is 0.000436. The summed E-state index contributed by atoms with van der Waals surface area (Å²) in [6, 6.07) is 9.64. The summed E-state index contributed by atoms with van der Waals surface area (Å²) in [6.07, 6.45) is -0.000436. The van der Waals surface area contributed by atoms with Gasteiger partial charge in [0.2, 0.25) is 0 Å². The van der Waals surface area contributed by atoms with Crippen LogP contribution in [0.2, 0.25) is 0 Å². The molecule has 0 bridgehead atoms. The molecule has 1 aromatic rings. The van der Waals surface area contributed by atoms with Crippen LogP contribution in [-0.2, 0) is 19.4 Å². The van der Waals surface area contributed by atoms with Crippen LogP contribution in [0.5, 0.6) is 0 Å². The zero-order valence-electron chi connectivity index (χ0n) is 10.4. The first-order valence-electron chi connectivity index (χ1n) is 5.86. The van der Waals surface area contributed by atoms with Gasteiger partial charge in [-0.1, -0.05) is 18.2 Å². The third-order valence-electron chi connectivity index (χ3n) is 3.18. The highest BCUT2D eigenvalue weighted by Gasteiger charge is 2.68. The molecular weight excluding hydrogens is 266 g/mol. The number of benzene rings is 1. The van der Waals surface area contributed by atoms with Crippen molar-refractivity contribution in [2.75, 3.05) is 6.61 Å². The molecule has 19 heavy (non-hydrogen) atoms. The first kappa shape index (κ1) is 13.6. The molecule has 1 aliphatic carbocycles. The number of hydrogen-bond acceptors (Lipinski definition) is 5. The van der Waals surface area contributed by atoms with Crippen LogP contribution in [-0.4, -0.2) is 26.2 Å². The number of sulfone groups is 1. The molecule has 0 heterocycles. The van der Waals surface area contributed by atoms with E-state index in [-0.39, 0.29) is 17.9 Å². The molecule has 1 saturated carbocycles. The fourth-order valence-corrected chi connectivity index (χ4v) is 4.05. The zero-order chi connectivity index (χ0) is 14.1. The Morgan fingerprint density at radius 1 is 1.47 bits per heavy atom. The standard InChI is InChI=1S/C13H13NO4S/c1-2-18-12(15)13(9-14)8-11(13)19(16,17)10-6-4-3-5-7-10/h3-7,11H,2,8H2,1H3/t11-,13-/m0/s1. The van der Waals surface area contributed by atoms with Crippen molar-refractivity contribution in [3.05, 3.63) is 30.3 Å². The van der Waals surface area contributed by atoms with Gasteiger partial charge in [-0.15, -0.1) is 0 Å². The average Bonchev–Trinajstić information content (AvgIpc) is 3.17. The van der Waals surface area contributed by atoms with E-state index in [1.807, 2.05) is 6.07 Å². The lowest BCUT2D eigenvalue weighted by molar-refractivity contribution is -0.147. The topological polar surface area (TPSA) is 84.2 Å². The summed E-state index contributed by atoms with van der Waals surface area (Å²) in [7, 11) is -3.67. The van der Waals surface area contributed by atoms with Crippen LogP contribution in [0.25, 0.3) is 0 Å². The maximum atomic E-state index is 12.3. The Labute approximate surface area is 111 Å². The summed E-state index contributed by atoms with van der Waals surface area (Å²) in [5.74, 6) is -0.748. The summed E-state index contributed by atoms with van der Waals surface area (Å²) in [5.41, 5.74) is -1.54. The van der Waals surface area contributed by atoms with Gasteiger partial charge in [0.15, 0.2) is 15.3 Å². The van der Waals surface area contributed by atoms with E-state index in [4.69, 9.17) is 10.00 Å². The van der Waals surface area contributed by atoms with Gasteiger partial charge in [0, 0.05) is 0 Å². The number of ether oxygens (including phenoxy) is 1. The van der Waals surface area contributed by atoms with Crippen molar-refractivity contribution in [3.63, 3.8) is 0 Å². The van der Waals surface area contributed by atoms with Gasteiger partial charge in [-0.25, -0.2) is 8.42 Å². The van der Waals surface area contributed by atoms with Crippen LogP contribution in [0.1, 0.15) is 13.3 Å². The molecule has 0 N–H and O–H groups in total. The Bertz CT molecular complexity index is 632. The van der Waals surface area contributed by atoms with Crippen molar-refractivity contribution in [2.24, 2.45) is 5.41 Å². The molecule has 0 amide bonds. The van der Waals surface area contributed by atoms with E-state index in [2.05, 4.69) is 0 Å². The minimum Gasteiger partial charge on any atom is -0.465 e. The zero-order valence-corrected chi connectivity index (χ0v) is 11.2. The number of esters is 1. The Morgan fingerprint density at radius 3 is 2.63 bits per heavy atom. The largest absolute Gasteiger partial charge is 0.465 e. The van der Waals surface area contributed by atoms with Gasteiger partial charge in [-0.05, 0) is 25.5 Å². The first-order chi connectivity index (χ1) is 8.99. The number of carbonyl (C=O) groups is 1. The monoisotopic (exact) mass is 279 g/mol. The maximum Gasteiger partial charge on any atom is 0.327 e. The molecule has 0 aromatic heterocycles. The Kier molecular flexibility index (Phi) is 3.33. The van der Waals surface area contributed by atoms with Crippen LogP contribution in [0.3, 0.4) is 0 Å². The van der Waals surface area contributed by atoms with Crippen LogP contribution in [0.15, 0.2) is 35.2 Å². The highest BCUT2D eigenvalue weighted by atomic mass is 32.2. The van der Waals surface area contributed by atoms with Gasteiger partial charge in [0.1, 0.15) is 0 Å². The van der Waals surface area contributed by atoms with Crippen molar-refractivity contribution in [1.82, 2.24) is 0 Å². The second-order valence-electron chi connectivity index (χ2n) is 4.35. The number of nitrogens with zero attached hydrogens (tertiary/aromatic N) is 1. The molecule has 2 atom stereocenters. The SMILES string of the molecule is CCOC(=O)[C@]1(C#N)C[C@@H]1S(=O)(=O)c1ccccc1. The van der Waals surface area contributed by atoms with Gasteiger partial charge >= 0.3 is 5.97 Å². The molecule has 6 heteroatoms. The lowest BCUT2D eigenvalue weighted by Crippen LogP contribution is -2.25. The maximum absolute atomic E-state index is 12.3. The minimum atomic E-state index is -3.67. The van der Waals surface area contributed by atoms with Crippen LogP contribution in [0, 0.1) is 16.7 Å². The smallest absolute Gasteiger partial charge is 0.327 e. The molecule has 1 aromatic carbocycles. The first-order valence-corrected chi connectivity index (χ1v) is 7.41. The van der Waals surface area contributed by atoms with E-state index in [0.29, 0.717) is 0 Å². The second kappa shape index (κ2) is 4.67. The van der Waals surface area contributed by atoms with Crippen LogP contribution in [0.4, 0.5) is 0 Å². The molecule has 0 aliphatic heterocycles. The van der Waals surface area contributed by atoms with E-state index >= 15 is 0 Å². The van der Waals surface area contributed by atoms with Crippen molar-refractivity contribution < 1.29 is 17.9 Å². The molecule has 0 unspecified atom stereocenters. The van der Waals surface area contributed by atoms with Gasteiger partial charge < -0.3 is 4.74 Å². The van der Waals surface area contributed by atoms with E-state index < -0.39 is 26.5 Å². The van der Waals surface area contributed by atoms with Gasteiger partial charge in [-0.3, -0.25) is 4.79 Å². The molecular formula is C13H13NO4S. The summed E-state index contributed by atoms with van der Waals surface area (Å²) in [6.45, 7) is 1.74. The van der Waals surface area contributed by atoms with Crippen molar-refractivity contribution in [2.45, 2.75) is 23.5 Å². The van der Waals surface area contributed by atoms with Crippen LogP contribution < -0.4 is 0 Å². The summed E-state index contributed by atoms with van der Waals surface area (Å²) in [5, 5.41) is 8.11. The molecule has 100 valence electrons. The number of nitriles is 1. The van der Waals surface area contributed by atoms with Crippen molar-refractivity contribution in [3.8, 4) is 6.07 Å². The Morgan fingerprint density at radius 2 is 2.11 bits per heavy atom. The highest BCUT2D eigenvalue weighted by molar-refractivity contribution is 7.92. The Balaban J connectivity index is 2.32. The van der Waals surface area contributed by atoms with E-state index in [1.165, 1.54) is 12.1 Å². The fraction of sp³-hybridized carbons (Fsp3) is 0.385. The van der Waals surface area contributed by atoms with Crippen molar-refractivity contribution in [1.29, 1.82) is 5.26 Å². The predicted octanol–water partition coefficient (Wildman–Crippen LogP) is 1.31. The molecule has 2 rings (SSSR count). The normalized spacial score (nSPS) is 25.4. The molecule has 5 nitrogen and oxygen atoms in total. The third-order valence-corrected chi connectivity index (χ3v) is 5.43. The highest BCUT2D eigenvalue weighted by Crippen LogP contribution is 2.53. The van der Waals surface area contributed by atoms with Gasteiger partial charge in [-0.2, -0.15) is 5.26 Å². The lowest BCUT2D eigenvalue weighted by Gasteiger charge is -2.08. The third kappa shape index (κ3) is 2.10. The molecule has 0 saturated heterocycles. The van der Waals surface area contributed by atoms with Crippen LogP contribution >= 0.6 is 0 Å². The molecule has 1 fully saturated rings. The van der Waals surface area contributed by atoms with Crippen molar-refractivity contribution >= 4 is 15.8 Å². The Hall–Kier alpha value is -1.87. The summed E-state index contributed by atoms with van der Waals surface area (Å²) < 4.78 is 29.4. The number of carbonyl (C=O) groups excluding carboxylic acids is 1. The quantitative estimate of drug-likeness (QED) is 0.776. The second-order valence-corrected chi connectivity index (χ2v) is 6.48. The fourth-order valence-electron chi connectivity index (χ4n) is 2.02. The predicted molar refractivity (Wildman–Crippen MR) is 66.7 cm³/mol. The van der Waals surface area contributed by atoms with E-state index in [0.717, 1.165) is 0 Å². The van der Waals surface area contributed by atoms with E-state index in [9.17, 15) is 13.2 Å².